The van der Waals surface area contributed by atoms with Crippen molar-refractivity contribution in [2.75, 3.05) is 0 Å². The van der Waals surface area contributed by atoms with Crippen molar-refractivity contribution in [2.45, 2.75) is 0 Å². The molecule has 3 nitrogen and oxygen atoms in total. The highest BCUT2D eigenvalue weighted by Crippen LogP contribution is 2.20. The van der Waals surface area contributed by atoms with Gasteiger partial charge in [0.2, 0.25) is 0 Å². The monoisotopic (exact) mass is 194 g/mol. The van der Waals surface area contributed by atoms with Gasteiger partial charge in [0.15, 0.2) is 0 Å². The molecule has 0 aliphatic carbocycles. The summed E-state index contributed by atoms with van der Waals surface area (Å²) >= 11 is 5.80. The van der Waals surface area contributed by atoms with E-state index in [-0.39, 0.29) is 0 Å². The highest BCUT2D eigenvalue weighted by Gasteiger charge is 2.01. The molecule has 4 heteroatoms. The molecule has 0 saturated carbocycles. The smallest absolute Gasteiger partial charge is 0.0755 e. The predicted octanol–water partition coefficient (Wildman–Crippen LogP) is 2.63. The summed E-state index contributed by atoms with van der Waals surface area (Å²) in [6.07, 6.45) is 3.15. The third-order valence-electron chi connectivity index (χ3n) is 1.87. The molecule has 0 unspecified atom stereocenters. The maximum Gasteiger partial charge on any atom is 0.0755 e. The molecule has 0 aliphatic heterocycles. The van der Waals surface area contributed by atoms with Crippen LogP contribution in [-0.4, -0.2) is 16.4 Å². The maximum absolute atomic E-state index is 8.38. The minimum atomic E-state index is 0.682. The molecular weight excluding hydrogens is 188 g/mol. The predicted molar refractivity (Wildman–Crippen MR) is 52.7 cm³/mol. The van der Waals surface area contributed by atoms with Crippen LogP contribution in [0.15, 0.2) is 29.6 Å². The molecule has 2 N–H and O–H groups in total. The third kappa shape index (κ3) is 1.38. The summed E-state index contributed by atoms with van der Waals surface area (Å²) in [6, 6.07) is 5.50. The zero-order valence-corrected chi connectivity index (χ0v) is 7.42. The molecule has 0 amide bonds. The van der Waals surface area contributed by atoms with Crippen molar-refractivity contribution < 1.29 is 5.21 Å². The van der Waals surface area contributed by atoms with Gasteiger partial charge in [-0.25, -0.2) is 0 Å². The van der Waals surface area contributed by atoms with E-state index in [1.165, 1.54) is 6.21 Å². The topological polar surface area (TPSA) is 48.4 Å². The van der Waals surface area contributed by atoms with E-state index >= 15 is 0 Å². The van der Waals surface area contributed by atoms with E-state index < -0.39 is 0 Å². The molecular formula is C9H7ClN2O. The lowest BCUT2D eigenvalue weighted by Gasteiger charge is -1.91. The van der Waals surface area contributed by atoms with Crippen LogP contribution in [0.5, 0.6) is 0 Å². The number of aromatic amines is 1. The zero-order valence-electron chi connectivity index (χ0n) is 6.66. The minimum absolute atomic E-state index is 0.682. The summed E-state index contributed by atoms with van der Waals surface area (Å²) in [5.74, 6) is 0. The fraction of sp³-hybridized carbons (Fsp3) is 0. The van der Waals surface area contributed by atoms with Crippen LogP contribution in [0, 0.1) is 0 Å². The number of nitrogens with one attached hydrogen (secondary N) is 1. The van der Waals surface area contributed by atoms with E-state index in [9.17, 15) is 0 Å². The Kier molecular flexibility index (Phi) is 1.94. The largest absolute Gasteiger partial charge is 0.411 e. The Morgan fingerprint density at radius 2 is 2.31 bits per heavy atom. The Morgan fingerprint density at radius 1 is 1.46 bits per heavy atom. The Morgan fingerprint density at radius 3 is 3.08 bits per heavy atom. The van der Waals surface area contributed by atoms with E-state index in [2.05, 4.69) is 10.1 Å². The van der Waals surface area contributed by atoms with E-state index in [0.29, 0.717) is 5.02 Å². The SMILES string of the molecule is ON=Cc1c[nH]c2cc(Cl)ccc12. The molecule has 0 fully saturated rings. The van der Waals surface area contributed by atoms with Crippen LogP contribution in [0.25, 0.3) is 10.9 Å². The molecule has 2 rings (SSSR count). The van der Waals surface area contributed by atoms with Gasteiger partial charge in [0.25, 0.3) is 0 Å². The summed E-state index contributed by atoms with van der Waals surface area (Å²) in [6.45, 7) is 0. The van der Waals surface area contributed by atoms with Crippen molar-refractivity contribution in [1.82, 2.24) is 4.98 Å². The van der Waals surface area contributed by atoms with Gasteiger partial charge in [0.1, 0.15) is 0 Å². The van der Waals surface area contributed by atoms with Crippen LogP contribution in [-0.2, 0) is 0 Å². The number of aromatic nitrogens is 1. The van der Waals surface area contributed by atoms with Crippen LogP contribution in [0.4, 0.5) is 0 Å². The molecule has 0 atom stereocenters. The first-order chi connectivity index (χ1) is 6.31. The molecule has 0 bridgehead atoms. The second kappa shape index (κ2) is 3.11. The van der Waals surface area contributed by atoms with Crippen molar-refractivity contribution >= 4 is 28.7 Å². The molecule has 0 aliphatic rings. The number of fused-ring (bicyclic) bond motifs is 1. The first kappa shape index (κ1) is 8.13. The number of nitrogens with zero attached hydrogens (tertiary/aromatic N) is 1. The van der Waals surface area contributed by atoms with Crippen molar-refractivity contribution in [2.24, 2.45) is 5.16 Å². The van der Waals surface area contributed by atoms with E-state index in [1.54, 1.807) is 12.3 Å². The van der Waals surface area contributed by atoms with Crippen LogP contribution in [0.3, 0.4) is 0 Å². The fourth-order valence-electron chi connectivity index (χ4n) is 1.29. The standard InChI is InChI=1S/C9H7ClN2O/c10-7-1-2-8-6(5-12-13)4-11-9(8)3-7/h1-5,11,13H. The first-order valence-electron chi connectivity index (χ1n) is 3.75. The number of rotatable bonds is 1. The van der Waals surface area contributed by atoms with Crippen molar-refractivity contribution in [3.8, 4) is 0 Å². The van der Waals surface area contributed by atoms with Crippen molar-refractivity contribution in [1.29, 1.82) is 0 Å². The maximum atomic E-state index is 8.38. The zero-order chi connectivity index (χ0) is 9.26. The van der Waals surface area contributed by atoms with Crippen LogP contribution in [0.2, 0.25) is 5.02 Å². The van der Waals surface area contributed by atoms with Gasteiger partial charge >= 0.3 is 0 Å². The van der Waals surface area contributed by atoms with Crippen LogP contribution in [0.1, 0.15) is 5.56 Å². The highest BCUT2D eigenvalue weighted by molar-refractivity contribution is 6.31. The molecule has 1 heterocycles. The van der Waals surface area contributed by atoms with Gasteiger partial charge in [-0.05, 0) is 12.1 Å². The average Bonchev–Trinajstić information content (AvgIpc) is 2.49. The van der Waals surface area contributed by atoms with E-state index in [1.807, 2.05) is 12.1 Å². The van der Waals surface area contributed by atoms with E-state index in [4.69, 9.17) is 16.8 Å². The number of H-pyrrole nitrogens is 1. The summed E-state index contributed by atoms with van der Waals surface area (Å²) in [5, 5.41) is 13.0. The summed E-state index contributed by atoms with van der Waals surface area (Å²) in [4.78, 5) is 3.03. The van der Waals surface area contributed by atoms with Gasteiger partial charge in [-0.3, -0.25) is 0 Å². The quantitative estimate of drug-likeness (QED) is 0.409. The van der Waals surface area contributed by atoms with Gasteiger partial charge < -0.3 is 10.2 Å². The molecule has 13 heavy (non-hydrogen) atoms. The molecule has 1 aromatic heterocycles. The normalized spacial score (nSPS) is 11.5. The Labute approximate surface area is 79.6 Å². The van der Waals surface area contributed by atoms with Crippen LogP contribution < -0.4 is 0 Å². The Hall–Kier alpha value is -1.48. The van der Waals surface area contributed by atoms with E-state index in [0.717, 1.165) is 16.5 Å². The number of hydrogen-bond donors (Lipinski definition) is 2. The average molecular weight is 195 g/mol. The number of oxime groups is 1. The number of halogens is 1. The molecule has 2 aromatic rings. The summed E-state index contributed by atoms with van der Waals surface area (Å²) < 4.78 is 0. The van der Waals surface area contributed by atoms with Gasteiger partial charge in [0, 0.05) is 27.7 Å². The van der Waals surface area contributed by atoms with Crippen molar-refractivity contribution in [3.63, 3.8) is 0 Å². The Bertz CT molecular complexity index is 462. The van der Waals surface area contributed by atoms with Gasteiger partial charge in [0.05, 0.1) is 6.21 Å². The summed E-state index contributed by atoms with van der Waals surface area (Å²) in [7, 11) is 0. The lowest BCUT2D eigenvalue weighted by molar-refractivity contribution is 0.322. The molecule has 1 aromatic carbocycles. The lowest BCUT2D eigenvalue weighted by atomic mass is 10.2. The summed E-state index contributed by atoms with van der Waals surface area (Å²) in [5.41, 5.74) is 1.77. The van der Waals surface area contributed by atoms with Gasteiger partial charge in [-0.2, -0.15) is 0 Å². The second-order valence-corrected chi connectivity index (χ2v) is 3.11. The fourth-order valence-corrected chi connectivity index (χ4v) is 1.46. The molecule has 0 radical (unpaired) electrons. The molecule has 0 spiro atoms. The highest BCUT2D eigenvalue weighted by atomic mass is 35.5. The molecule has 0 saturated heterocycles. The van der Waals surface area contributed by atoms with Gasteiger partial charge in [-0.1, -0.05) is 22.8 Å². The lowest BCUT2D eigenvalue weighted by Crippen LogP contribution is -1.76. The van der Waals surface area contributed by atoms with Crippen LogP contribution >= 0.6 is 11.6 Å². The minimum Gasteiger partial charge on any atom is -0.411 e. The first-order valence-corrected chi connectivity index (χ1v) is 4.13. The Balaban J connectivity index is 2.68. The second-order valence-electron chi connectivity index (χ2n) is 2.68. The number of hydrogen-bond acceptors (Lipinski definition) is 2. The van der Waals surface area contributed by atoms with Gasteiger partial charge in [-0.15, -0.1) is 0 Å². The molecule has 66 valence electrons. The third-order valence-corrected chi connectivity index (χ3v) is 2.11. The number of benzene rings is 1. The van der Waals surface area contributed by atoms with Crippen molar-refractivity contribution in [3.05, 3.63) is 35.0 Å².